The molecule has 1 aromatic carbocycles. The fourth-order valence-electron chi connectivity index (χ4n) is 1.23. The Morgan fingerprint density at radius 3 is 2.38 bits per heavy atom. The number of benzene rings is 1. The third-order valence-corrected chi connectivity index (χ3v) is 2.01. The lowest BCUT2D eigenvalue weighted by molar-refractivity contribution is 0.0301. The molecule has 0 fully saturated rings. The van der Waals surface area contributed by atoms with Crippen LogP contribution in [0.3, 0.4) is 0 Å². The molecule has 2 unspecified atom stereocenters. The van der Waals surface area contributed by atoms with Gasteiger partial charge in [0.1, 0.15) is 11.9 Å². The molecule has 0 spiro atoms. The summed E-state index contributed by atoms with van der Waals surface area (Å²) in [5.41, 5.74) is 1.21. The van der Waals surface area contributed by atoms with Gasteiger partial charge in [0, 0.05) is 0 Å². The summed E-state index contributed by atoms with van der Waals surface area (Å²) in [5, 5.41) is 18.6. The standard InChI is InChI=1S/C10H13FO2/c1-6-5-8(11)3-4-9(6)10(13)7(2)12/h3-5,7,10,12-13H,1-2H3. The highest BCUT2D eigenvalue weighted by Crippen LogP contribution is 2.21. The van der Waals surface area contributed by atoms with E-state index in [0.29, 0.717) is 11.1 Å². The van der Waals surface area contributed by atoms with Crippen molar-refractivity contribution in [3.05, 3.63) is 35.1 Å². The maximum absolute atomic E-state index is 12.7. The average molecular weight is 184 g/mol. The molecule has 0 bridgehead atoms. The van der Waals surface area contributed by atoms with Crippen molar-refractivity contribution in [3.8, 4) is 0 Å². The van der Waals surface area contributed by atoms with Crippen molar-refractivity contribution in [2.45, 2.75) is 26.1 Å². The number of aryl methyl sites for hydroxylation is 1. The molecular formula is C10H13FO2. The first kappa shape index (κ1) is 10.2. The van der Waals surface area contributed by atoms with Crippen molar-refractivity contribution >= 4 is 0 Å². The van der Waals surface area contributed by atoms with Crippen LogP contribution in [0.15, 0.2) is 18.2 Å². The van der Waals surface area contributed by atoms with Gasteiger partial charge in [-0.1, -0.05) is 6.07 Å². The Morgan fingerprint density at radius 1 is 1.31 bits per heavy atom. The molecule has 2 atom stereocenters. The molecule has 3 heteroatoms. The summed E-state index contributed by atoms with van der Waals surface area (Å²) in [5.74, 6) is -0.334. The molecule has 72 valence electrons. The van der Waals surface area contributed by atoms with E-state index in [2.05, 4.69) is 0 Å². The summed E-state index contributed by atoms with van der Waals surface area (Å²) >= 11 is 0. The molecule has 0 aliphatic carbocycles. The number of hydrogen-bond donors (Lipinski definition) is 2. The second-order valence-electron chi connectivity index (χ2n) is 3.19. The van der Waals surface area contributed by atoms with Crippen molar-refractivity contribution in [3.63, 3.8) is 0 Å². The van der Waals surface area contributed by atoms with E-state index >= 15 is 0 Å². The normalized spacial score (nSPS) is 15.5. The molecule has 0 radical (unpaired) electrons. The predicted octanol–water partition coefficient (Wildman–Crippen LogP) is 1.55. The van der Waals surface area contributed by atoms with Crippen molar-refractivity contribution in [2.75, 3.05) is 0 Å². The van der Waals surface area contributed by atoms with E-state index < -0.39 is 12.2 Å². The molecule has 13 heavy (non-hydrogen) atoms. The van der Waals surface area contributed by atoms with Crippen LogP contribution in [0.2, 0.25) is 0 Å². The predicted molar refractivity (Wildman–Crippen MR) is 47.8 cm³/mol. The zero-order valence-corrected chi connectivity index (χ0v) is 7.66. The molecule has 0 saturated heterocycles. The molecule has 0 heterocycles. The maximum Gasteiger partial charge on any atom is 0.123 e. The lowest BCUT2D eigenvalue weighted by atomic mass is 10.0. The Balaban J connectivity index is 3.01. The summed E-state index contributed by atoms with van der Waals surface area (Å²) in [6.45, 7) is 3.19. The highest BCUT2D eigenvalue weighted by molar-refractivity contribution is 5.28. The summed E-state index contributed by atoms with van der Waals surface area (Å²) in [4.78, 5) is 0. The number of hydrogen-bond acceptors (Lipinski definition) is 2. The summed E-state index contributed by atoms with van der Waals surface area (Å²) in [6, 6.07) is 4.09. The number of aliphatic hydroxyl groups is 2. The molecule has 0 aromatic heterocycles. The number of rotatable bonds is 2. The summed E-state index contributed by atoms with van der Waals surface area (Å²) < 4.78 is 12.7. The van der Waals surface area contributed by atoms with E-state index in [1.54, 1.807) is 6.92 Å². The average Bonchev–Trinajstić information content (AvgIpc) is 2.03. The molecule has 1 rings (SSSR count). The van der Waals surface area contributed by atoms with Crippen molar-refractivity contribution in [1.29, 1.82) is 0 Å². The number of aliphatic hydroxyl groups excluding tert-OH is 2. The zero-order chi connectivity index (χ0) is 10.0. The smallest absolute Gasteiger partial charge is 0.123 e. The summed E-state index contributed by atoms with van der Waals surface area (Å²) in [7, 11) is 0. The van der Waals surface area contributed by atoms with Gasteiger partial charge in [-0.15, -0.1) is 0 Å². The van der Waals surface area contributed by atoms with Crippen LogP contribution in [0.1, 0.15) is 24.2 Å². The van der Waals surface area contributed by atoms with Crippen LogP contribution in [0.4, 0.5) is 4.39 Å². The van der Waals surface area contributed by atoms with Crippen LogP contribution in [0.5, 0.6) is 0 Å². The van der Waals surface area contributed by atoms with Crippen LogP contribution in [0.25, 0.3) is 0 Å². The third kappa shape index (κ3) is 2.26. The van der Waals surface area contributed by atoms with Crippen LogP contribution < -0.4 is 0 Å². The van der Waals surface area contributed by atoms with E-state index in [-0.39, 0.29) is 5.82 Å². The monoisotopic (exact) mass is 184 g/mol. The minimum absolute atomic E-state index is 0.334. The molecule has 0 aliphatic rings. The van der Waals surface area contributed by atoms with E-state index in [0.717, 1.165) is 0 Å². The van der Waals surface area contributed by atoms with Crippen LogP contribution >= 0.6 is 0 Å². The van der Waals surface area contributed by atoms with Gasteiger partial charge in [0.25, 0.3) is 0 Å². The molecule has 0 aliphatic heterocycles. The first-order chi connectivity index (χ1) is 6.02. The van der Waals surface area contributed by atoms with Gasteiger partial charge in [-0.2, -0.15) is 0 Å². The highest BCUT2D eigenvalue weighted by atomic mass is 19.1. The van der Waals surface area contributed by atoms with Crippen molar-refractivity contribution in [2.24, 2.45) is 0 Å². The minimum atomic E-state index is -0.944. The van der Waals surface area contributed by atoms with Crippen molar-refractivity contribution < 1.29 is 14.6 Å². The van der Waals surface area contributed by atoms with Crippen LogP contribution in [-0.2, 0) is 0 Å². The maximum atomic E-state index is 12.7. The van der Waals surface area contributed by atoms with Gasteiger partial charge in [0.15, 0.2) is 0 Å². The van der Waals surface area contributed by atoms with Gasteiger partial charge in [0.05, 0.1) is 6.10 Å². The SMILES string of the molecule is Cc1cc(F)ccc1C(O)C(C)O. The molecule has 0 saturated carbocycles. The number of halogens is 1. The minimum Gasteiger partial charge on any atom is -0.390 e. The fraction of sp³-hybridized carbons (Fsp3) is 0.400. The largest absolute Gasteiger partial charge is 0.390 e. The van der Waals surface area contributed by atoms with Gasteiger partial charge in [-0.3, -0.25) is 0 Å². The Labute approximate surface area is 76.6 Å². The first-order valence-corrected chi connectivity index (χ1v) is 4.14. The third-order valence-electron chi connectivity index (χ3n) is 2.01. The molecule has 1 aromatic rings. The second-order valence-corrected chi connectivity index (χ2v) is 3.19. The molecule has 0 amide bonds. The first-order valence-electron chi connectivity index (χ1n) is 4.14. The molecular weight excluding hydrogens is 171 g/mol. The van der Waals surface area contributed by atoms with Gasteiger partial charge in [-0.25, -0.2) is 4.39 Å². The molecule has 2 nitrogen and oxygen atoms in total. The topological polar surface area (TPSA) is 40.5 Å². The lowest BCUT2D eigenvalue weighted by Gasteiger charge is -2.16. The zero-order valence-electron chi connectivity index (χ0n) is 7.66. The van der Waals surface area contributed by atoms with Gasteiger partial charge < -0.3 is 10.2 Å². The van der Waals surface area contributed by atoms with Crippen molar-refractivity contribution in [1.82, 2.24) is 0 Å². The second kappa shape index (κ2) is 3.85. The Hall–Kier alpha value is -0.930. The van der Waals surface area contributed by atoms with Gasteiger partial charge >= 0.3 is 0 Å². The summed E-state index contributed by atoms with van der Waals surface area (Å²) in [6.07, 6.45) is -1.79. The van der Waals surface area contributed by atoms with Gasteiger partial charge in [0.2, 0.25) is 0 Å². The van der Waals surface area contributed by atoms with Gasteiger partial charge in [-0.05, 0) is 37.1 Å². The van der Waals surface area contributed by atoms with E-state index in [1.165, 1.54) is 25.1 Å². The Kier molecular flexibility index (Phi) is 3.01. The molecule has 2 N–H and O–H groups in total. The fourth-order valence-corrected chi connectivity index (χ4v) is 1.23. The van der Waals surface area contributed by atoms with E-state index in [4.69, 9.17) is 5.11 Å². The highest BCUT2D eigenvalue weighted by Gasteiger charge is 2.15. The Morgan fingerprint density at radius 2 is 1.92 bits per heavy atom. The van der Waals surface area contributed by atoms with Crippen LogP contribution in [-0.4, -0.2) is 16.3 Å². The van der Waals surface area contributed by atoms with E-state index in [1.807, 2.05) is 0 Å². The van der Waals surface area contributed by atoms with Crippen LogP contribution in [0, 0.1) is 12.7 Å². The lowest BCUT2D eigenvalue weighted by Crippen LogP contribution is -2.14. The van der Waals surface area contributed by atoms with E-state index in [9.17, 15) is 9.50 Å². The quantitative estimate of drug-likeness (QED) is 0.732. The Bertz CT molecular complexity index is 297.